The summed E-state index contributed by atoms with van der Waals surface area (Å²) < 4.78 is 98.5. The molecule has 3 atom stereocenters. The Balaban J connectivity index is 2.22. The van der Waals surface area contributed by atoms with Crippen molar-refractivity contribution in [1.29, 1.82) is 0 Å². The van der Waals surface area contributed by atoms with Crippen LogP contribution in [0.25, 0.3) is 11.1 Å². The van der Waals surface area contributed by atoms with Gasteiger partial charge in [0.15, 0.2) is 11.5 Å². The molecule has 9 heteroatoms. The first-order valence-corrected chi connectivity index (χ1v) is 13.8. The molecule has 0 amide bonds. The molecule has 0 N–H and O–H groups in total. The largest absolute Gasteiger partial charge is 0.416 e. The normalized spacial score (nSPS) is 20.6. The van der Waals surface area contributed by atoms with Gasteiger partial charge in [-0.2, -0.15) is 26.3 Å². The molecule has 0 spiro atoms. The number of Topliss-reactive ketones (excluding diaryl/α,β-unsaturated/α-hetero) is 1. The third-order valence-corrected chi connectivity index (χ3v) is 7.69. The quantitative estimate of drug-likeness (QED) is 0.278. The zero-order valence-electron chi connectivity index (χ0n) is 23.6. The molecule has 0 radical (unpaired) electrons. The van der Waals surface area contributed by atoms with Crippen LogP contribution < -0.4 is 0 Å². The van der Waals surface area contributed by atoms with E-state index in [2.05, 4.69) is 0 Å². The van der Waals surface area contributed by atoms with E-state index < -0.39 is 41.5 Å². The number of likely N-dealkylation sites (tertiary alicyclic amines) is 1. The predicted octanol–water partition coefficient (Wildman–Crippen LogP) is 9.68. The topological polar surface area (TPSA) is 20.3 Å². The second kappa shape index (κ2) is 12.2. The molecule has 0 aromatic heterocycles. The van der Waals surface area contributed by atoms with Gasteiger partial charge in [0.1, 0.15) is 6.04 Å². The minimum atomic E-state index is -4.54. The number of rotatable bonds is 9. The number of benzene rings is 2. The Morgan fingerprint density at radius 2 is 1.48 bits per heavy atom. The Bertz CT molecular complexity index is 1150. The van der Waals surface area contributed by atoms with Crippen LogP contribution in [0.2, 0.25) is 0 Å². The maximum absolute atomic E-state index is 16.5. The van der Waals surface area contributed by atoms with Crippen molar-refractivity contribution in [3.8, 4) is 11.1 Å². The highest BCUT2D eigenvalue weighted by Crippen LogP contribution is 2.44. The number of alkyl halides is 7. The van der Waals surface area contributed by atoms with Gasteiger partial charge in [-0.1, -0.05) is 45.9 Å². The van der Waals surface area contributed by atoms with Crippen LogP contribution >= 0.6 is 0 Å². The predicted molar refractivity (Wildman–Crippen MR) is 142 cm³/mol. The number of piperidine rings is 1. The number of ketones is 1. The van der Waals surface area contributed by atoms with Crippen LogP contribution in [0, 0.1) is 11.8 Å². The fraction of sp³-hybridized carbons (Fsp3) is 0.581. The van der Waals surface area contributed by atoms with Gasteiger partial charge in [-0.05, 0) is 104 Å². The zero-order valence-corrected chi connectivity index (χ0v) is 23.6. The summed E-state index contributed by atoms with van der Waals surface area (Å²) >= 11 is 0. The molecule has 40 heavy (non-hydrogen) atoms. The summed E-state index contributed by atoms with van der Waals surface area (Å²) in [4.78, 5) is 14.1. The van der Waals surface area contributed by atoms with Crippen LogP contribution in [0.3, 0.4) is 0 Å². The Morgan fingerprint density at radius 1 is 0.850 bits per heavy atom. The third kappa shape index (κ3) is 7.45. The van der Waals surface area contributed by atoms with Gasteiger partial charge in [0.25, 0.3) is 0 Å². The Morgan fingerprint density at radius 3 is 1.98 bits per heavy atom. The maximum atomic E-state index is 16.5. The van der Waals surface area contributed by atoms with Crippen molar-refractivity contribution < 1.29 is 35.5 Å². The van der Waals surface area contributed by atoms with E-state index in [0.29, 0.717) is 36.0 Å². The lowest BCUT2D eigenvalue weighted by molar-refractivity contribution is -0.200. The van der Waals surface area contributed by atoms with Crippen LogP contribution in [0.15, 0.2) is 42.5 Å². The summed E-state index contributed by atoms with van der Waals surface area (Å²) in [5, 5.41) is 0. The van der Waals surface area contributed by atoms with Crippen LogP contribution in [0.5, 0.6) is 0 Å². The molecule has 0 saturated carbocycles. The second-order valence-electron chi connectivity index (χ2n) is 11.8. The monoisotopic (exact) mass is 573 g/mol. The number of halogens is 7. The summed E-state index contributed by atoms with van der Waals surface area (Å²) in [7, 11) is 0. The Labute approximate surface area is 231 Å². The molecule has 1 saturated heterocycles. The van der Waals surface area contributed by atoms with Crippen LogP contribution in [0.4, 0.5) is 30.7 Å². The molecule has 1 fully saturated rings. The van der Waals surface area contributed by atoms with Crippen molar-refractivity contribution in [3.63, 3.8) is 0 Å². The van der Waals surface area contributed by atoms with Crippen LogP contribution in [-0.2, 0) is 16.6 Å². The lowest BCUT2D eigenvalue weighted by Crippen LogP contribution is -2.50. The van der Waals surface area contributed by atoms with Gasteiger partial charge in [0.05, 0.1) is 5.56 Å². The summed E-state index contributed by atoms with van der Waals surface area (Å²) in [5.41, 5.74) is -2.10. The summed E-state index contributed by atoms with van der Waals surface area (Å²) in [6.45, 7) is 8.72. The minimum Gasteiger partial charge on any atom is -0.296 e. The molecular weight excluding hydrogens is 535 g/mol. The number of carbonyl (C=O) groups is 1. The van der Waals surface area contributed by atoms with Crippen molar-refractivity contribution in [1.82, 2.24) is 4.90 Å². The number of hydrogen-bond acceptors (Lipinski definition) is 2. The van der Waals surface area contributed by atoms with E-state index in [1.807, 2.05) is 13.8 Å². The van der Waals surface area contributed by atoms with Crippen LogP contribution in [-0.4, -0.2) is 29.4 Å². The second-order valence-corrected chi connectivity index (χ2v) is 11.8. The van der Waals surface area contributed by atoms with Gasteiger partial charge >= 0.3 is 12.4 Å². The smallest absolute Gasteiger partial charge is 0.296 e. The van der Waals surface area contributed by atoms with Gasteiger partial charge in [0, 0.05) is 6.04 Å². The van der Waals surface area contributed by atoms with Crippen molar-refractivity contribution in [2.75, 3.05) is 6.54 Å². The van der Waals surface area contributed by atoms with Crippen molar-refractivity contribution >= 4 is 5.78 Å². The van der Waals surface area contributed by atoms with Gasteiger partial charge in [-0.15, -0.1) is 0 Å². The first kappa shape index (κ1) is 32.1. The SMILES string of the molecule is CC(=O)C(F)(CC(C)C)c1cc(-c2ccc(C(F)(F)F)cc2)cc(C2CCCC(C(F)(F)F)N2CCC(C)C)c1. The minimum absolute atomic E-state index is 0.0130. The van der Waals surface area contributed by atoms with E-state index in [0.717, 1.165) is 19.1 Å². The summed E-state index contributed by atoms with van der Waals surface area (Å²) in [5.74, 6) is -0.781. The van der Waals surface area contributed by atoms with Gasteiger partial charge < -0.3 is 0 Å². The molecule has 2 aromatic carbocycles. The highest BCUT2D eigenvalue weighted by Gasteiger charge is 2.48. The zero-order chi connectivity index (χ0) is 30.0. The molecule has 1 aliphatic heterocycles. The van der Waals surface area contributed by atoms with Crippen molar-refractivity contribution in [3.05, 3.63) is 59.2 Å². The van der Waals surface area contributed by atoms with Gasteiger partial charge in [-0.3, -0.25) is 9.69 Å². The van der Waals surface area contributed by atoms with E-state index >= 15 is 4.39 Å². The van der Waals surface area contributed by atoms with E-state index in [4.69, 9.17) is 0 Å². The molecule has 0 bridgehead atoms. The van der Waals surface area contributed by atoms with E-state index in [9.17, 15) is 31.1 Å². The van der Waals surface area contributed by atoms with Crippen molar-refractivity contribution in [2.24, 2.45) is 11.8 Å². The Hall–Kier alpha value is -2.42. The molecule has 0 aliphatic carbocycles. The fourth-order valence-corrected chi connectivity index (χ4v) is 5.60. The molecule has 3 unspecified atom stereocenters. The number of carbonyl (C=O) groups excluding carboxylic acids is 1. The molecular formula is C31H38F7NO. The van der Waals surface area contributed by atoms with E-state index in [1.54, 1.807) is 19.9 Å². The first-order valence-electron chi connectivity index (χ1n) is 13.8. The fourth-order valence-electron chi connectivity index (χ4n) is 5.60. The molecule has 2 aromatic rings. The number of hydrogen-bond donors (Lipinski definition) is 0. The van der Waals surface area contributed by atoms with Gasteiger partial charge in [0.2, 0.25) is 0 Å². The molecule has 1 heterocycles. The van der Waals surface area contributed by atoms with E-state index in [-0.39, 0.29) is 36.8 Å². The van der Waals surface area contributed by atoms with Crippen molar-refractivity contribution in [2.45, 2.75) is 96.8 Å². The highest BCUT2D eigenvalue weighted by atomic mass is 19.4. The average Bonchev–Trinajstić information content (AvgIpc) is 2.85. The summed E-state index contributed by atoms with van der Waals surface area (Å²) in [6.07, 6.45) is -7.93. The van der Waals surface area contributed by atoms with Gasteiger partial charge in [-0.25, -0.2) is 4.39 Å². The summed E-state index contributed by atoms with van der Waals surface area (Å²) in [6, 6.07) is 6.56. The molecule has 2 nitrogen and oxygen atoms in total. The average molecular weight is 574 g/mol. The lowest BCUT2D eigenvalue weighted by Gasteiger charge is -2.43. The van der Waals surface area contributed by atoms with E-state index in [1.165, 1.54) is 29.2 Å². The molecule has 3 rings (SSSR count). The lowest BCUT2D eigenvalue weighted by atomic mass is 9.80. The first-order chi connectivity index (χ1) is 18.4. The Kier molecular flexibility index (Phi) is 9.80. The molecule has 222 valence electrons. The standard InChI is InChI=1S/C31H38F7NO/c1-19(2)13-14-39-27(7-6-8-28(39)31(36,37)38)24-15-23(22-9-11-25(12-10-22)30(33,34)35)16-26(17-24)29(32,21(5)40)18-20(3)4/h9-12,15-17,19-20,27-28H,6-8,13-14,18H2,1-5H3. The number of nitrogens with zero attached hydrogens (tertiary/aromatic N) is 1. The highest BCUT2D eigenvalue weighted by molar-refractivity contribution is 5.87. The molecule has 1 aliphatic rings. The maximum Gasteiger partial charge on any atom is 0.416 e. The van der Waals surface area contributed by atoms with Crippen LogP contribution in [0.1, 0.15) is 89.5 Å². The third-order valence-electron chi connectivity index (χ3n) is 7.69.